The Bertz CT molecular complexity index is 556. The standard InChI is InChI=1S/C14H20O6S/c1-9-4-6-11(7-5-9)21(16,17)20-14-10(2)19-13(18-3)8-12(14)15/h4-7,10,12-15H,8H2,1-3H3/t10-,12+,13+,14-/m1/s1. The second kappa shape index (κ2) is 6.41. The van der Waals surface area contributed by atoms with Gasteiger partial charge in [0.2, 0.25) is 0 Å². The zero-order valence-corrected chi connectivity index (χ0v) is 13.0. The third-order valence-electron chi connectivity index (χ3n) is 3.45. The molecule has 2 rings (SSSR count). The van der Waals surface area contributed by atoms with Gasteiger partial charge in [-0.05, 0) is 26.0 Å². The Morgan fingerprint density at radius 3 is 2.43 bits per heavy atom. The summed E-state index contributed by atoms with van der Waals surface area (Å²) in [6, 6.07) is 6.33. The van der Waals surface area contributed by atoms with Crippen LogP contribution in [0.3, 0.4) is 0 Å². The van der Waals surface area contributed by atoms with Crippen LogP contribution in [0.25, 0.3) is 0 Å². The zero-order chi connectivity index (χ0) is 15.6. The van der Waals surface area contributed by atoms with E-state index in [1.165, 1.54) is 19.2 Å². The Morgan fingerprint density at radius 1 is 1.29 bits per heavy atom. The lowest BCUT2D eigenvalue weighted by Gasteiger charge is -2.36. The zero-order valence-electron chi connectivity index (χ0n) is 12.2. The first-order valence-electron chi connectivity index (χ1n) is 6.70. The van der Waals surface area contributed by atoms with E-state index in [9.17, 15) is 13.5 Å². The fourth-order valence-electron chi connectivity index (χ4n) is 2.22. The van der Waals surface area contributed by atoms with E-state index in [1.54, 1.807) is 19.1 Å². The fraction of sp³-hybridized carbons (Fsp3) is 0.571. The van der Waals surface area contributed by atoms with Crippen LogP contribution in [-0.4, -0.2) is 45.2 Å². The first-order valence-corrected chi connectivity index (χ1v) is 8.10. The minimum atomic E-state index is -3.95. The van der Waals surface area contributed by atoms with Crippen LogP contribution < -0.4 is 0 Å². The van der Waals surface area contributed by atoms with Gasteiger partial charge in [0.05, 0.1) is 17.1 Å². The van der Waals surface area contributed by atoms with E-state index in [-0.39, 0.29) is 11.3 Å². The summed E-state index contributed by atoms with van der Waals surface area (Å²) in [6.45, 7) is 3.51. The second-order valence-electron chi connectivity index (χ2n) is 5.14. The predicted molar refractivity (Wildman–Crippen MR) is 75.2 cm³/mol. The number of aliphatic hydroxyl groups is 1. The average Bonchev–Trinajstić information content (AvgIpc) is 2.43. The number of hydrogen-bond donors (Lipinski definition) is 1. The van der Waals surface area contributed by atoms with Crippen molar-refractivity contribution in [2.75, 3.05) is 7.11 Å². The Morgan fingerprint density at radius 2 is 1.90 bits per heavy atom. The van der Waals surface area contributed by atoms with Crippen molar-refractivity contribution in [1.82, 2.24) is 0 Å². The molecule has 118 valence electrons. The molecule has 1 fully saturated rings. The largest absolute Gasteiger partial charge is 0.390 e. The highest BCUT2D eigenvalue weighted by Crippen LogP contribution is 2.26. The Hall–Kier alpha value is -0.990. The number of benzene rings is 1. The molecule has 0 amide bonds. The van der Waals surface area contributed by atoms with E-state index in [4.69, 9.17) is 13.7 Å². The molecule has 0 radical (unpaired) electrons. The topological polar surface area (TPSA) is 82.1 Å². The number of aryl methyl sites for hydroxylation is 1. The van der Waals surface area contributed by atoms with Crippen LogP contribution in [0.4, 0.5) is 0 Å². The van der Waals surface area contributed by atoms with E-state index in [0.717, 1.165) is 5.56 Å². The van der Waals surface area contributed by atoms with Gasteiger partial charge in [-0.25, -0.2) is 0 Å². The summed E-state index contributed by atoms with van der Waals surface area (Å²) < 4.78 is 40.1. The summed E-state index contributed by atoms with van der Waals surface area (Å²) in [5.41, 5.74) is 0.950. The molecule has 4 atom stereocenters. The first kappa shape index (κ1) is 16.4. The van der Waals surface area contributed by atoms with Crippen molar-refractivity contribution in [2.24, 2.45) is 0 Å². The highest BCUT2D eigenvalue weighted by Gasteiger charge is 2.39. The van der Waals surface area contributed by atoms with Crippen LogP contribution in [0, 0.1) is 6.92 Å². The summed E-state index contributed by atoms with van der Waals surface area (Å²) in [4.78, 5) is 0.0568. The Labute approximate surface area is 124 Å². The van der Waals surface area contributed by atoms with Crippen molar-refractivity contribution >= 4 is 10.1 Å². The summed E-state index contributed by atoms with van der Waals surface area (Å²) in [5.74, 6) is 0. The van der Waals surface area contributed by atoms with E-state index >= 15 is 0 Å². The van der Waals surface area contributed by atoms with Crippen molar-refractivity contribution in [1.29, 1.82) is 0 Å². The molecule has 0 aliphatic carbocycles. The molecule has 7 heteroatoms. The van der Waals surface area contributed by atoms with Crippen molar-refractivity contribution < 1.29 is 27.2 Å². The third-order valence-corrected chi connectivity index (χ3v) is 4.78. The SMILES string of the molecule is CO[C@@H]1C[C@H](O)[C@H](OS(=O)(=O)c2ccc(C)cc2)[C@@H](C)O1. The van der Waals surface area contributed by atoms with Gasteiger partial charge in [-0.3, -0.25) is 4.18 Å². The molecule has 1 aliphatic rings. The van der Waals surface area contributed by atoms with E-state index in [1.807, 2.05) is 6.92 Å². The van der Waals surface area contributed by atoms with Gasteiger partial charge >= 0.3 is 0 Å². The molecule has 0 saturated carbocycles. The molecule has 1 aliphatic heterocycles. The van der Waals surface area contributed by atoms with Crippen molar-refractivity contribution in [3.63, 3.8) is 0 Å². The summed E-state index contributed by atoms with van der Waals surface area (Å²) in [7, 11) is -2.48. The second-order valence-corrected chi connectivity index (χ2v) is 6.71. The van der Waals surface area contributed by atoms with Gasteiger partial charge in [0.25, 0.3) is 10.1 Å². The molecule has 0 unspecified atom stereocenters. The van der Waals surface area contributed by atoms with Gasteiger partial charge in [-0.15, -0.1) is 0 Å². The lowest BCUT2D eigenvalue weighted by molar-refractivity contribution is -0.231. The minimum absolute atomic E-state index is 0.0568. The van der Waals surface area contributed by atoms with Crippen molar-refractivity contribution in [3.8, 4) is 0 Å². The highest BCUT2D eigenvalue weighted by atomic mass is 32.2. The minimum Gasteiger partial charge on any atom is -0.390 e. The Kier molecular flexibility index (Phi) is 5.00. The summed E-state index contributed by atoms with van der Waals surface area (Å²) in [5, 5.41) is 10.0. The number of methoxy groups -OCH3 is 1. The lowest BCUT2D eigenvalue weighted by atomic mass is 10.0. The normalized spacial score (nSPS) is 30.3. The monoisotopic (exact) mass is 316 g/mol. The fourth-order valence-corrected chi connectivity index (χ4v) is 3.38. The van der Waals surface area contributed by atoms with E-state index in [2.05, 4.69) is 0 Å². The molecule has 1 aromatic carbocycles. The predicted octanol–water partition coefficient (Wildman–Crippen LogP) is 1.21. The molecule has 21 heavy (non-hydrogen) atoms. The number of aliphatic hydroxyl groups excluding tert-OH is 1. The smallest absolute Gasteiger partial charge is 0.297 e. The first-order chi connectivity index (χ1) is 9.83. The van der Waals surface area contributed by atoms with Crippen molar-refractivity contribution in [2.45, 2.75) is 49.8 Å². The third kappa shape index (κ3) is 3.81. The molecule has 1 heterocycles. The van der Waals surface area contributed by atoms with Crippen molar-refractivity contribution in [3.05, 3.63) is 29.8 Å². The van der Waals surface area contributed by atoms with Crippen LogP contribution >= 0.6 is 0 Å². The molecular weight excluding hydrogens is 296 g/mol. The van der Waals surface area contributed by atoms with Gasteiger partial charge in [0.15, 0.2) is 6.29 Å². The number of rotatable bonds is 4. The van der Waals surface area contributed by atoms with Crippen LogP contribution in [0.1, 0.15) is 18.9 Å². The summed E-state index contributed by atoms with van der Waals surface area (Å²) >= 11 is 0. The molecule has 0 bridgehead atoms. The van der Waals surface area contributed by atoms with Gasteiger partial charge in [-0.1, -0.05) is 17.7 Å². The maximum Gasteiger partial charge on any atom is 0.297 e. The maximum atomic E-state index is 12.2. The molecule has 1 N–H and O–H groups in total. The van der Waals surface area contributed by atoms with Gasteiger partial charge in [0.1, 0.15) is 6.10 Å². The maximum absolute atomic E-state index is 12.2. The van der Waals surface area contributed by atoms with Crippen LogP contribution in [0.5, 0.6) is 0 Å². The summed E-state index contributed by atoms with van der Waals surface area (Å²) in [6.07, 6.45) is -2.92. The molecule has 0 aromatic heterocycles. The number of ether oxygens (including phenoxy) is 2. The van der Waals surface area contributed by atoms with Gasteiger partial charge in [-0.2, -0.15) is 8.42 Å². The molecule has 0 spiro atoms. The van der Waals surface area contributed by atoms with E-state index in [0.29, 0.717) is 0 Å². The molecule has 1 aromatic rings. The van der Waals surface area contributed by atoms with Gasteiger partial charge in [0, 0.05) is 13.5 Å². The van der Waals surface area contributed by atoms with Crippen LogP contribution in [-0.2, 0) is 23.8 Å². The lowest BCUT2D eigenvalue weighted by Crippen LogP contribution is -2.49. The van der Waals surface area contributed by atoms with Gasteiger partial charge < -0.3 is 14.6 Å². The quantitative estimate of drug-likeness (QED) is 0.841. The highest BCUT2D eigenvalue weighted by molar-refractivity contribution is 7.86. The van der Waals surface area contributed by atoms with Crippen LogP contribution in [0.2, 0.25) is 0 Å². The average molecular weight is 316 g/mol. The Balaban J connectivity index is 2.14. The number of hydrogen-bond acceptors (Lipinski definition) is 6. The van der Waals surface area contributed by atoms with E-state index < -0.39 is 34.7 Å². The molecular formula is C14H20O6S. The molecule has 6 nitrogen and oxygen atoms in total. The molecule has 1 saturated heterocycles. The van der Waals surface area contributed by atoms with Crippen LogP contribution in [0.15, 0.2) is 29.2 Å².